The van der Waals surface area contributed by atoms with Crippen LogP contribution in [0.3, 0.4) is 0 Å². The topological polar surface area (TPSA) is 86.8 Å². The summed E-state index contributed by atoms with van der Waals surface area (Å²) in [5.41, 5.74) is 0.387. The Morgan fingerprint density at radius 1 is 1.22 bits per heavy atom. The van der Waals surface area contributed by atoms with Crippen molar-refractivity contribution in [2.45, 2.75) is 23.8 Å². The van der Waals surface area contributed by atoms with Crippen molar-refractivity contribution in [2.24, 2.45) is 0 Å². The van der Waals surface area contributed by atoms with Crippen LogP contribution in [0.4, 0.5) is 5.69 Å². The number of amides is 2. The quantitative estimate of drug-likeness (QED) is 0.824. The summed E-state index contributed by atoms with van der Waals surface area (Å²) < 4.78 is 25.6. The molecule has 0 saturated carbocycles. The molecule has 1 atom stereocenters. The molecule has 0 spiro atoms. The molecule has 1 aliphatic rings. The molecule has 1 N–H and O–H groups in total. The lowest BCUT2D eigenvalue weighted by Gasteiger charge is -2.23. The number of carbonyl (C=O) groups is 2. The van der Waals surface area contributed by atoms with E-state index in [1.54, 1.807) is 29.2 Å². The minimum absolute atomic E-state index is 0.100. The van der Waals surface area contributed by atoms with E-state index in [1.165, 1.54) is 37.6 Å². The molecule has 7 nitrogen and oxygen atoms in total. The first-order chi connectivity index (χ1) is 12.8. The summed E-state index contributed by atoms with van der Waals surface area (Å²) in [6.45, 7) is 0.532. The maximum Gasteiger partial charge on any atom is 0.264 e. The first-order valence-electron chi connectivity index (χ1n) is 8.48. The van der Waals surface area contributed by atoms with E-state index in [2.05, 4.69) is 5.32 Å². The number of likely N-dealkylation sites (tertiary alicyclic amines) is 1. The fourth-order valence-electron chi connectivity index (χ4n) is 2.99. The van der Waals surface area contributed by atoms with Crippen molar-refractivity contribution >= 4 is 38.9 Å². The Labute approximate surface area is 162 Å². The summed E-state index contributed by atoms with van der Waals surface area (Å²) in [5.74, 6) is -0.455. The van der Waals surface area contributed by atoms with Crippen molar-refractivity contribution in [3.8, 4) is 0 Å². The monoisotopic (exact) mass is 407 g/mol. The molecule has 27 heavy (non-hydrogen) atoms. The molecule has 1 aromatic heterocycles. The molecule has 0 radical (unpaired) electrons. The lowest BCUT2D eigenvalue weighted by molar-refractivity contribution is -0.119. The van der Waals surface area contributed by atoms with Crippen LogP contribution in [0.2, 0.25) is 0 Å². The van der Waals surface area contributed by atoms with Crippen LogP contribution in [0.5, 0.6) is 0 Å². The Balaban J connectivity index is 1.76. The van der Waals surface area contributed by atoms with Crippen molar-refractivity contribution in [1.29, 1.82) is 0 Å². The Bertz CT molecular complexity index is 939. The van der Waals surface area contributed by atoms with Gasteiger partial charge in [-0.15, -0.1) is 11.3 Å². The zero-order chi connectivity index (χ0) is 19.6. The molecule has 1 aliphatic heterocycles. The van der Waals surface area contributed by atoms with Gasteiger partial charge in [0.1, 0.15) is 6.04 Å². The molecule has 0 aliphatic carbocycles. The number of benzene rings is 1. The molecule has 3 rings (SSSR count). The largest absolute Gasteiger partial charge is 0.326 e. The fourth-order valence-corrected chi connectivity index (χ4v) is 4.62. The zero-order valence-electron chi connectivity index (χ0n) is 15.1. The predicted octanol–water partition coefficient (Wildman–Crippen LogP) is 2.24. The van der Waals surface area contributed by atoms with E-state index >= 15 is 0 Å². The van der Waals surface area contributed by atoms with Gasteiger partial charge in [-0.25, -0.2) is 12.7 Å². The smallest absolute Gasteiger partial charge is 0.264 e. The number of nitrogens with zero attached hydrogens (tertiary/aromatic N) is 2. The summed E-state index contributed by atoms with van der Waals surface area (Å²) in [4.78, 5) is 27.6. The molecular formula is C18H21N3O4S2. The van der Waals surface area contributed by atoms with E-state index in [4.69, 9.17) is 0 Å². The van der Waals surface area contributed by atoms with Crippen LogP contribution in [-0.4, -0.2) is 56.1 Å². The number of hydrogen-bond donors (Lipinski definition) is 1. The first-order valence-corrected chi connectivity index (χ1v) is 10.8. The summed E-state index contributed by atoms with van der Waals surface area (Å²) in [5, 5.41) is 4.58. The van der Waals surface area contributed by atoms with Gasteiger partial charge in [-0.2, -0.15) is 0 Å². The average molecular weight is 408 g/mol. The van der Waals surface area contributed by atoms with Crippen molar-refractivity contribution in [3.63, 3.8) is 0 Å². The summed E-state index contributed by atoms with van der Waals surface area (Å²) >= 11 is 1.35. The molecule has 1 aromatic carbocycles. The maximum atomic E-state index is 12.7. The first kappa shape index (κ1) is 19.5. The van der Waals surface area contributed by atoms with Crippen LogP contribution in [0, 0.1) is 0 Å². The molecule has 2 amide bonds. The van der Waals surface area contributed by atoms with Crippen molar-refractivity contribution in [3.05, 3.63) is 46.7 Å². The maximum absolute atomic E-state index is 12.7. The van der Waals surface area contributed by atoms with Gasteiger partial charge >= 0.3 is 0 Å². The van der Waals surface area contributed by atoms with Crippen molar-refractivity contribution in [1.82, 2.24) is 9.21 Å². The number of thiophene rings is 1. The minimum Gasteiger partial charge on any atom is -0.326 e. The molecule has 9 heteroatoms. The molecule has 0 unspecified atom stereocenters. The number of nitrogens with one attached hydrogen (secondary N) is 1. The molecule has 144 valence electrons. The van der Waals surface area contributed by atoms with Gasteiger partial charge in [-0.3, -0.25) is 9.59 Å². The Morgan fingerprint density at radius 2 is 2.00 bits per heavy atom. The summed E-state index contributed by atoms with van der Waals surface area (Å²) in [6.07, 6.45) is 1.34. The number of carbonyl (C=O) groups excluding carboxylic acids is 2. The number of sulfonamides is 1. The normalized spacial score (nSPS) is 17.3. The van der Waals surface area contributed by atoms with Gasteiger partial charge in [0.2, 0.25) is 15.9 Å². The van der Waals surface area contributed by atoms with E-state index in [0.29, 0.717) is 23.5 Å². The third kappa shape index (κ3) is 4.05. The standard InChI is InChI=1S/C18H21N3O4S2/c1-20(2)27(24,25)14-7-3-6-13(12-14)19-17(22)15-8-4-10-21(15)18(23)16-9-5-11-26-16/h3,5-7,9,11-12,15H,4,8,10H2,1-2H3,(H,19,22)/t15-/m0/s1. The van der Waals surface area contributed by atoms with Gasteiger partial charge in [0.05, 0.1) is 9.77 Å². The molecular weight excluding hydrogens is 386 g/mol. The van der Waals surface area contributed by atoms with Crippen LogP contribution in [0.15, 0.2) is 46.7 Å². The summed E-state index contributed by atoms with van der Waals surface area (Å²) in [7, 11) is -0.686. The average Bonchev–Trinajstić information content (AvgIpc) is 3.33. The fraction of sp³-hybridized carbons (Fsp3) is 0.333. The van der Waals surface area contributed by atoms with Crippen LogP contribution in [0.25, 0.3) is 0 Å². The number of anilines is 1. The highest BCUT2D eigenvalue weighted by molar-refractivity contribution is 7.89. The third-order valence-corrected chi connectivity index (χ3v) is 7.10. The molecule has 2 heterocycles. The Hall–Kier alpha value is -2.23. The predicted molar refractivity (Wildman–Crippen MR) is 104 cm³/mol. The van der Waals surface area contributed by atoms with Gasteiger partial charge in [-0.05, 0) is 42.5 Å². The van der Waals surface area contributed by atoms with E-state index < -0.39 is 16.1 Å². The van der Waals surface area contributed by atoms with Gasteiger partial charge in [0.25, 0.3) is 5.91 Å². The zero-order valence-corrected chi connectivity index (χ0v) is 16.7. The highest BCUT2D eigenvalue weighted by atomic mass is 32.2. The lowest BCUT2D eigenvalue weighted by atomic mass is 10.2. The van der Waals surface area contributed by atoms with Crippen LogP contribution < -0.4 is 5.32 Å². The highest BCUT2D eigenvalue weighted by Crippen LogP contribution is 2.24. The lowest BCUT2D eigenvalue weighted by Crippen LogP contribution is -2.43. The SMILES string of the molecule is CN(C)S(=O)(=O)c1cccc(NC(=O)[C@@H]2CCCN2C(=O)c2cccs2)c1. The van der Waals surface area contributed by atoms with Gasteiger partial charge in [0.15, 0.2) is 0 Å². The van der Waals surface area contributed by atoms with Crippen LogP contribution >= 0.6 is 11.3 Å². The van der Waals surface area contributed by atoms with Crippen molar-refractivity contribution < 1.29 is 18.0 Å². The van der Waals surface area contributed by atoms with Crippen molar-refractivity contribution in [2.75, 3.05) is 26.0 Å². The third-order valence-electron chi connectivity index (χ3n) is 4.43. The molecule has 1 fully saturated rings. The van der Waals surface area contributed by atoms with E-state index in [-0.39, 0.29) is 16.7 Å². The molecule has 1 saturated heterocycles. The van der Waals surface area contributed by atoms with Crippen LogP contribution in [-0.2, 0) is 14.8 Å². The van der Waals surface area contributed by atoms with E-state index in [0.717, 1.165) is 10.7 Å². The van der Waals surface area contributed by atoms with Crippen LogP contribution in [0.1, 0.15) is 22.5 Å². The number of hydrogen-bond acceptors (Lipinski definition) is 5. The molecule has 0 bridgehead atoms. The van der Waals surface area contributed by atoms with Gasteiger partial charge in [-0.1, -0.05) is 12.1 Å². The Morgan fingerprint density at radius 3 is 2.67 bits per heavy atom. The number of rotatable bonds is 5. The second-order valence-corrected chi connectivity index (χ2v) is 9.54. The molecule has 2 aromatic rings. The van der Waals surface area contributed by atoms with E-state index in [9.17, 15) is 18.0 Å². The second kappa shape index (κ2) is 7.79. The second-order valence-electron chi connectivity index (χ2n) is 6.44. The summed E-state index contributed by atoms with van der Waals surface area (Å²) in [6, 6.07) is 9.10. The van der Waals surface area contributed by atoms with E-state index in [1.807, 2.05) is 5.38 Å². The highest BCUT2D eigenvalue weighted by Gasteiger charge is 2.35. The van der Waals surface area contributed by atoms with Gasteiger partial charge < -0.3 is 10.2 Å². The minimum atomic E-state index is -3.59. The van der Waals surface area contributed by atoms with Gasteiger partial charge in [0, 0.05) is 26.3 Å². The Kier molecular flexibility index (Phi) is 5.64.